The van der Waals surface area contributed by atoms with Crippen LogP contribution in [0.25, 0.3) is 20.8 Å². The molecule has 1 unspecified atom stereocenters. The van der Waals surface area contributed by atoms with Crippen molar-refractivity contribution >= 4 is 33.3 Å². The monoisotopic (exact) mass is 498 g/mol. The van der Waals surface area contributed by atoms with Crippen LogP contribution in [-0.2, 0) is 0 Å². The van der Waals surface area contributed by atoms with E-state index in [4.69, 9.17) is 15.0 Å². The van der Waals surface area contributed by atoms with E-state index < -0.39 is 18.2 Å². The van der Waals surface area contributed by atoms with E-state index >= 15 is 0 Å². The fourth-order valence-electron chi connectivity index (χ4n) is 5.49. The predicted molar refractivity (Wildman–Crippen MR) is 138 cm³/mol. The van der Waals surface area contributed by atoms with Gasteiger partial charge in [0.2, 0.25) is 5.95 Å². The van der Waals surface area contributed by atoms with E-state index in [9.17, 15) is 15.3 Å². The van der Waals surface area contributed by atoms with Crippen LogP contribution in [-0.4, -0.2) is 66.2 Å². The molecule has 188 valence electrons. The zero-order valence-corrected chi connectivity index (χ0v) is 21.2. The van der Waals surface area contributed by atoms with Gasteiger partial charge in [0.05, 0.1) is 33.8 Å². The standard InChI is InChI=1S/C25H34N6O3S/c1-12(15-6-4-5-7-15)27-25-28-13(2)19(24-30-20-14(3)26-9-8-18(20)35-24)23(31-25)29-17-10-16(11-32)21(33)22(17)34/h8-9,12,15-17,21-22,32-34H,4-7,10-11H2,1-3H3,(H2,27,28,29,31)/t12-,16-,17?,21-,22+/m1/s1. The first-order valence-corrected chi connectivity index (χ1v) is 13.3. The van der Waals surface area contributed by atoms with Crippen molar-refractivity contribution in [2.24, 2.45) is 11.8 Å². The molecule has 5 N–H and O–H groups in total. The van der Waals surface area contributed by atoms with Crippen LogP contribution in [0, 0.1) is 25.7 Å². The highest BCUT2D eigenvalue weighted by Crippen LogP contribution is 2.39. The second-order valence-electron chi connectivity index (χ2n) is 10.0. The third kappa shape index (κ3) is 4.72. The molecule has 0 aromatic carbocycles. The second-order valence-corrected chi connectivity index (χ2v) is 11.0. The maximum atomic E-state index is 10.7. The fourth-order valence-corrected chi connectivity index (χ4v) is 6.60. The molecular formula is C25H34N6O3S. The van der Waals surface area contributed by atoms with Crippen LogP contribution in [0.3, 0.4) is 0 Å². The molecule has 5 atom stereocenters. The van der Waals surface area contributed by atoms with Gasteiger partial charge in [-0.15, -0.1) is 11.3 Å². The number of nitrogens with one attached hydrogen (secondary N) is 2. The molecule has 35 heavy (non-hydrogen) atoms. The molecule has 0 spiro atoms. The van der Waals surface area contributed by atoms with E-state index in [1.54, 1.807) is 17.5 Å². The van der Waals surface area contributed by atoms with Crippen LogP contribution >= 0.6 is 11.3 Å². The van der Waals surface area contributed by atoms with Gasteiger partial charge in [-0.1, -0.05) is 12.8 Å². The number of aliphatic hydroxyl groups is 3. The van der Waals surface area contributed by atoms with Crippen LogP contribution in [0.5, 0.6) is 0 Å². The van der Waals surface area contributed by atoms with Gasteiger partial charge in [0, 0.05) is 24.8 Å². The molecule has 0 amide bonds. The van der Waals surface area contributed by atoms with Gasteiger partial charge in [-0.2, -0.15) is 4.98 Å². The third-order valence-electron chi connectivity index (χ3n) is 7.62. The lowest BCUT2D eigenvalue weighted by Crippen LogP contribution is -2.36. The highest BCUT2D eigenvalue weighted by molar-refractivity contribution is 7.21. The van der Waals surface area contributed by atoms with Crippen molar-refractivity contribution in [2.45, 2.75) is 77.2 Å². The average molecular weight is 499 g/mol. The molecule has 2 fully saturated rings. The maximum Gasteiger partial charge on any atom is 0.225 e. The van der Waals surface area contributed by atoms with E-state index in [0.717, 1.165) is 32.2 Å². The van der Waals surface area contributed by atoms with E-state index in [0.29, 0.717) is 24.1 Å². The van der Waals surface area contributed by atoms with Gasteiger partial charge in [0.1, 0.15) is 22.4 Å². The van der Waals surface area contributed by atoms with Crippen LogP contribution < -0.4 is 10.6 Å². The minimum absolute atomic E-state index is 0.179. The highest BCUT2D eigenvalue weighted by Gasteiger charge is 2.41. The Balaban J connectivity index is 1.53. The van der Waals surface area contributed by atoms with Crippen molar-refractivity contribution in [3.05, 3.63) is 23.7 Å². The summed E-state index contributed by atoms with van der Waals surface area (Å²) in [6.07, 6.45) is 5.18. The Bertz CT molecular complexity index is 1200. The molecule has 2 saturated carbocycles. The van der Waals surface area contributed by atoms with Crippen molar-refractivity contribution in [1.29, 1.82) is 0 Å². The number of hydrogen-bond acceptors (Lipinski definition) is 10. The Labute approximate surface area is 209 Å². The number of pyridine rings is 1. The first-order valence-electron chi connectivity index (χ1n) is 12.5. The normalized spacial score (nSPS) is 25.9. The number of nitrogens with zero attached hydrogens (tertiary/aromatic N) is 4. The zero-order chi connectivity index (χ0) is 24.7. The molecule has 0 aliphatic heterocycles. The number of fused-ring (bicyclic) bond motifs is 1. The van der Waals surface area contributed by atoms with Gasteiger partial charge >= 0.3 is 0 Å². The lowest BCUT2D eigenvalue weighted by molar-refractivity contribution is 0.00446. The van der Waals surface area contributed by atoms with E-state index in [2.05, 4.69) is 22.5 Å². The molecular weight excluding hydrogens is 464 g/mol. The van der Waals surface area contributed by atoms with Crippen molar-refractivity contribution in [3.63, 3.8) is 0 Å². The first-order chi connectivity index (χ1) is 16.9. The molecule has 3 heterocycles. The smallest absolute Gasteiger partial charge is 0.225 e. The second kappa shape index (κ2) is 9.93. The van der Waals surface area contributed by atoms with Gasteiger partial charge in [-0.3, -0.25) is 4.98 Å². The predicted octanol–water partition coefficient (Wildman–Crippen LogP) is 3.27. The number of thiazole rings is 1. The molecule has 3 aromatic heterocycles. The van der Waals surface area contributed by atoms with E-state index in [1.807, 2.05) is 19.9 Å². The molecule has 0 saturated heterocycles. The SMILES string of the molecule is Cc1nc(N[C@H](C)C2CCCC2)nc(NC2C[C@H](CO)[C@@H](O)[C@H]2O)c1-c1nc2c(C)nccc2s1. The van der Waals surface area contributed by atoms with Gasteiger partial charge < -0.3 is 26.0 Å². The lowest BCUT2D eigenvalue weighted by atomic mass is 10.0. The summed E-state index contributed by atoms with van der Waals surface area (Å²) in [6.45, 7) is 5.89. The molecule has 2 aliphatic carbocycles. The number of hydrogen-bond donors (Lipinski definition) is 5. The largest absolute Gasteiger partial charge is 0.396 e. The molecule has 2 aliphatic rings. The molecule has 9 nitrogen and oxygen atoms in total. The summed E-state index contributed by atoms with van der Waals surface area (Å²) in [5.41, 5.74) is 3.27. The average Bonchev–Trinajstić information content (AvgIpc) is 3.56. The van der Waals surface area contributed by atoms with Crippen LogP contribution in [0.1, 0.15) is 50.4 Å². The quantitative estimate of drug-likeness (QED) is 0.332. The summed E-state index contributed by atoms with van der Waals surface area (Å²) in [7, 11) is 0. The number of aryl methyl sites for hydroxylation is 2. The van der Waals surface area contributed by atoms with Crippen molar-refractivity contribution in [1.82, 2.24) is 19.9 Å². The third-order valence-corrected chi connectivity index (χ3v) is 8.65. The molecule has 0 radical (unpaired) electrons. The Morgan fingerprint density at radius 1 is 1.09 bits per heavy atom. The van der Waals surface area contributed by atoms with Gasteiger partial charge in [-0.05, 0) is 52.0 Å². The zero-order valence-electron chi connectivity index (χ0n) is 20.4. The van der Waals surface area contributed by atoms with E-state index in [-0.39, 0.29) is 18.6 Å². The maximum absolute atomic E-state index is 10.7. The number of aliphatic hydroxyl groups excluding tert-OH is 3. The Morgan fingerprint density at radius 3 is 2.54 bits per heavy atom. The fraction of sp³-hybridized carbons (Fsp3) is 0.600. The Hall–Kier alpha value is -2.40. The minimum Gasteiger partial charge on any atom is -0.396 e. The van der Waals surface area contributed by atoms with Crippen molar-refractivity contribution in [2.75, 3.05) is 17.2 Å². The Morgan fingerprint density at radius 2 is 1.86 bits per heavy atom. The van der Waals surface area contributed by atoms with Gasteiger partial charge in [0.15, 0.2) is 0 Å². The summed E-state index contributed by atoms with van der Waals surface area (Å²) in [5, 5.41) is 38.3. The van der Waals surface area contributed by atoms with Crippen LogP contribution in [0.2, 0.25) is 0 Å². The number of aromatic nitrogens is 4. The highest BCUT2D eigenvalue weighted by atomic mass is 32.1. The Kier molecular flexibility index (Phi) is 6.89. The molecule has 0 bridgehead atoms. The van der Waals surface area contributed by atoms with Gasteiger partial charge in [-0.25, -0.2) is 9.97 Å². The van der Waals surface area contributed by atoms with E-state index in [1.165, 1.54) is 25.7 Å². The topological polar surface area (TPSA) is 136 Å². The summed E-state index contributed by atoms with van der Waals surface area (Å²) in [5.74, 6) is 1.33. The summed E-state index contributed by atoms with van der Waals surface area (Å²) in [4.78, 5) is 18.9. The molecule has 3 aromatic rings. The minimum atomic E-state index is -1.01. The van der Waals surface area contributed by atoms with Crippen LogP contribution in [0.15, 0.2) is 12.3 Å². The molecule has 5 rings (SSSR count). The first kappa shape index (κ1) is 24.3. The number of anilines is 2. The molecule has 10 heteroatoms. The number of rotatable bonds is 7. The van der Waals surface area contributed by atoms with Crippen molar-refractivity contribution < 1.29 is 15.3 Å². The van der Waals surface area contributed by atoms with Crippen LogP contribution in [0.4, 0.5) is 11.8 Å². The summed E-state index contributed by atoms with van der Waals surface area (Å²) in [6, 6.07) is 1.76. The summed E-state index contributed by atoms with van der Waals surface area (Å²) < 4.78 is 1.03. The summed E-state index contributed by atoms with van der Waals surface area (Å²) >= 11 is 1.55. The van der Waals surface area contributed by atoms with Gasteiger partial charge in [0.25, 0.3) is 0 Å². The van der Waals surface area contributed by atoms with Crippen molar-refractivity contribution in [3.8, 4) is 10.6 Å². The lowest BCUT2D eigenvalue weighted by Gasteiger charge is -2.23.